The standard InChI is InChI=1S/C19H20N4O4S/c1-23-17-12-13(21-18(24)16-4-2-3-9-20-16)5-6-15(17)19(22-23)27-14-7-10-28(25,26)11-8-14/h2-6,9,12,14H,7-8,10-11H2,1H3,(H,21,24). The fourth-order valence-electron chi connectivity index (χ4n) is 3.23. The van der Waals surface area contributed by atoms with Gasteiger partial charge in [0.15, 0.2) is 9.84 Å². The average Bonchev–Trinajstić information content (AvgIpc) is 2.99. The van der Waals surface area contributed by atoms with Crippen LogP contribution in [-0.4, -0.2) is 46.7 Å². The highest BCUT2D eigenvalue weighted by molar-refractivity contribution is 7.91. The van der Waals surface area contributed by atoms with Crippen molar-refractivity contribution >= 4 is 32.3 Å². The number of ether oxygens (including phenoxy) is 1. The van der Waals surface area contributed by atoms with Crippen LogP contribution in [0, 0.1) is 0 Å². The van der Waals surface area contributed by atoms with Gasteiger partial charge in [-0.1, -0.05) is 6.07 Å². The van der Waals surface area contributed by atoms with Crippen LogP contribution in [0.5, 0.6) is 5.88 Å². The zero-order chi connectivity index (χ0) is 19.7. The van der Waals surface area contributed by atoms with Crippen LogP contribution in [0.4, 0.5) is 5.69 Å². The van der Waals surface area contributed by atoms with E-state index in [-0.39, 0.29) is 23.5 Å². The fraction of sp³-hybridized carbons (Fsp3) is 0.316. The Morgan fingerprint density at radius 1 is 1.21 bits per heavy atom. The lowest BCUT2D eigenvalue weighted by atomic mass is 10.2. The van der Waals surface area contributed by atoms with Gasteiger partial charge < -0.3 is 10.1 Å². The summed E-state index contributed by atoms with van der Waals surface area (Å²) in [5, 5.41) is 8.06. The highest BCUT2D eigenvalue weighted by atomic mass is 32.2. The normalized spacial score (nSPS) is 16.8. The molecular weight excluding hydrogens is 380 g/mol. The van der Waals surface area contributed by atoms with Gasteiger partial charge in [-0.15, -0.1) is 5.10 Å². The van der Waals surface area contributed by atoms with Crippen molar-refractivity contribution in [1.29, 1.82) is 0 Å². The van der Waals surface area contributed by atoms with Gasteiger partial charge in [0.25, 0.3) is 5.91 Å². The van der Waals surface area contributed by atoms with E-state index in [0.29, 0.717) is 30.1 Å². The van der Waals surface area contributed by atoms with Gasteiger partial charge in [0.1, 0.15) is 11.8 Å². The number of sulfone groups is 1. The van der Waals surface area contributed by atoms with Crippen LogP contribution in [0.1, 0.15) is 23.3 Å². The molecule has 0 radical (unpaired) electrons. The third-order valence-electron chi connectivity index (χ3n) is 4.75. The number of hydrogen-bond acceptors (Lipinski definition) is 6. The summed E-state index contributed by atoms with van der Waals surface area (Å²) in [5.41, 5.74) is 1.77. The fourth-order valence-corrected chi connectivity index (χ4v) is 4.67. The lowest BCUT2D eigenvalue weighted by Gasteiger charge is -2.22. The Morgan fingerprint density at radius 3 is 2.71 bits per heavy atom. The van der Waals surface area contributed by atoms with Gasteiger partial charge in [-0.2, -0.15) is 0 Å². The van der Waals surface area contributed by atoms with Crippen molar-refractivity contribution in [2.75, 3.05) is 16.8 Å². The lowest BCUT2D eigenvalue weighted by Crippen LogP contribution is -2.30. The molecular formula is C19H20N4O4S. The van der Waals surface area contributed by atoms with E-state index in [1.165, 1.54) is 0 Å². The van der Waals surface area contributed by atoms with E-state index in [9.17, 15) is 13.2 Å². The van der Waals surface area contributed by atoms with Crippen LogP contribution in [0.25, 0.3) is 10.9 Å². The molecule has 0 atom stereocenters. The first-order valence-corrected chi connectivity index (χ1v) is 10.8. The van der Waals surface area contributed by atoms with Crippen LogP contribution in [0.2, 0.25) is 0 Å². The number of carbonyl (C=O) groups is 1. The molecule has 0 aliphatic carbocycles. The van der Waals surface area contributed by atoms with Crippen molar-refractivity contribution in [3.63, 3.8) is 0 Å². The molecule has 3 heterocycles. The van der Waals surface area contributed by atoms with Crippen molar-refractivity contribution in [1.82, 2.24) is 14.8 Å². The molecule has 28 heavy (non-hydrogen) atoms. The van der Waals surface area contributed by atoms with E-state index >= 15 is 0 Å². The number of rotatable bonds is 4. The second-order valence-electron chi connectivity index (χ2n) is 6.80. The molecule has 0 spiro atoms. The summed E-state index contributed by atoms with van der Waals surface area (Å²) < 4.78 is 30.8. The predicted molar refractivity (Wildman–Crippen MR) is 105 cm³/mol. The predicted octanol–water partition coefficient (Wildman–Crippen LogP) is 2.18. The number of aryl methyl sites for hydroxylation is 1. The second kappa shape index (κ2) is 7.23. The lowest BCUT2D eigenvalue weighted by molar-refractivity contribution is 0.102. The van der Waals surface area contributed by atoms with E-state index < -0.39 is 9.84 Å². The van der Waals surface area contributed by atoms with Crippen molar-refractivity contribution in [3.8, 4) is 5.88 Å². The van der Waals surface area contributed by atoms with Crippen LogP contribution in [-0.2, 0) is 16.9 Å². The van der Waals surface area contributed by atoms with Crippen molar-refractivity contribution < 1.29 is 17.9 Å². The summed E-state index contributed by atoms with van der Waals surface area (Å²) in [7, 11) is -1.14. The first-order chi connectivity index (χ1) is 13.4. The molecule has 1 fully saturated rings. The summed E-state index contributed by atoms with van der Waals surface area (Å²) in [6.07, 6.45) is 2.35. The van der Waals surface area contributed by atoms with Crippen molar-refractivity contribution in [3.05, 3.63) is 48.3 Å². The number of anilines is 1. The van der Waals surface area contributed by atoms with E-state index in [4.69, 9.17) is 4.74 Å². The monoisotopic (exact) mass is 400 g/mol. The highest BCUT2D eigenvalue weighted by Gasteiger charge is 2.26. The molecule has 1 aliphatic rings. The summed E-state index contributed by atoms with van der Waals surface area (Å²) in [6, 6.07) is 10.6. The van der Waals surface area contributed by atoms with E-state index in [1.807, 2.05) is 12.1 Å². The number of pyridine rings is 1. The molecule has 8 nitrogen and oxygen atoms in total. The summed E-state index contributed by atoms with van der Waals surface area (Å²) >= 11 is 0. The quantitative estimate of drug-likeness (QED) is 0.720. The summed E-state index contributed by atoms with van der Waals surface area (Å²) in [5.74, 6) is 0.476. The molecule has 9 heteroatoms. The van der Waals surface area contributed by atoms with E-state index in [2.05, 4.69) is 15.4 Å². The molecule has 1 amide bonds. The number of amides is 1. The molecule has 0 saturated carbocycles. The van der Waals surface area contributed by atoms with E-state index in [1.54, 1.807) is 42.2 Å². The maximum atomic E-state index is 12.3. The third-order valence-corrected chi connectivity index (χ3v) is 6.47. The van der Waals surface area contributed by atoms with Gasteiger partial charge >= 0.3 is 0 Å². The molecule has 2 aromatic heterocycles. The van der Waals surface area contributed by atoms with Gasteiger partial charge in [-0.3, -0.25) is 14.5 Å². The molecule has 1 saturated heterocycles. The topological polar surface area (TPSA) is 103 Å². The van der Waals surface area contributed by atoms with Gasteiger partial charge in [0.05, 0.1) is 22.4 Å². The Balaban J connectivity index is 1.53. The number of nitrogens with zero attached hydrogens (tertiary/aromatic N) is 3. The highest BCUT2D eigenvalue weighted by Crippen LogP contribution is 2.29. The van der Waals surface area contributed by atoms with Crippen LogP contribution in [0.3, 0.4) is 0 Å². The first-order valence-electron chi connectivity index (χ1n) is 8.97. The number of fused-ring (bicyclic) bond motifs is 1. The Bertz CT molecular complexity index is 1110. The zero-order valence-corrected chi connectivity index (χ0v) is 16.1. The Labute approximate surface area is 162 Å². The second-order valence-corrected chi connectivity index (χ2v) is 9.10. The van der Waals surface area contributed by atoms with Gasteiger partial charge in [0, 0.05) is 18.9 Å². The van der Waals surface area contributed by atoms with Crippen molar-refractivity contribution in [2.45, 2.75) is 18.9 Å². The molecule has 4 rings (SSSR count). The molecule has 1 aliphatic heterocycles. The molecule has 0 unspecified atom stereocenters. The first kappa shape index (κ1) is 18.4. The molecule has 0 bridgehead atoms. The summed E-state index contributed by atoms with van der Waals surface area (Å²) in [4.78, 5) is 16.3. The average molecular weight is 400 g/mol. The number of aromatic nitrogens is 3. The molecule has 146 valence electrons. The molecule has 1 N–H and O–H groups in total. The maximum absolute atomic E-state index is 12.3. The number of carbonyl (C=O) groups excluding carboxylic acids is 1. The maximum Gasteiger partial charge on any atom is 0.274 e. The minimum atomic E-state index is -2.94. The SMILES string of the molecule is Cn1nc(OC2CCS(=O)(=O)CC2)c2ccc(NC(=O)c3ccccn3)cc21. The van der Waals surface area contributed by atoms with Gasteiger partial charge in [0.2, 0.25) is 5.88 Å². The Kier molecular flexibility index (Phi) is 4.76. The van der Waals surface area contributed by atoms with Crippen molar-refractivity contribution in [2.24, 2.45) is 7.05 Å². The number of hydrogen-bond donors (Lipinski definition) is 1. The van der Waals surface area contributed by atoms with Crippen LogP contribution < -0.4 is 10.1 Å². The largest absolute Gasteiger partial charge is 0.473 e. The minimum absolute atomic E-state index is 0.145. The number of nitrogens with one attached hydrogen (secondary N) is 1. The Hall–Kier alpha value is -2.94. The minimum Gasteiger partial charge on any atom is -0.473 e. The molecule has 3 aromatic rings. The number of benzene rings is 1. The van der Waals surface area contributed by atoms with Crippen LogP contribution >= 0.6 is 0 Å². The third kappa shape index (κ3) is 3.84. The smallest absolute Gasteiger partial charge is 0.274 e. The molecule has 1 aromatic carbocycles. The zero-order valence-electron chi connectivity index (χ0n) is 15.3. The van der Waals surface area contributed by atoms with Gasteiger partial charge in [-0.25, -0.2) is 8.42 Å². The van der Waals surface area contributed by atoms with Crippen LogP contribution in [0.15, 0.2) is 42.6 Å². The Morgan fingerprint density at radius 2 is 2.00 bits per heavy atom. The van der Waals surface area contributed by atoms with E-state index in [0.717, 1.165) is 10.9 Å². The summed E-state index contributed by atoms with van der Waals surface area (Å²) in [6.45, 7) is 0. The van der Waals surface area contributed by atoms with Gasteiger partial charge in [-0.05, 0) is 43.2 Å².